The van der Waals surface area contributed by atoms with Crippen molar-refractivity contribution in [1.82, 2.24) is 14.8 Å². The molecule has 7 nitrogen and oxygen atoms in total. The van der Waals surface area contributed by atoms with Crippen molar-refractivity contribution in [2.24, 2.45) is 0 Å². The standard InChI is InChI=1S/C22H24ClN5O2S/c1-15-6-3-4-9-19(15)28-21(27-10-12-30-13-11-27)25-26-22(28)31-14-20(29)24-18-8-5-7-17(23)16(18)2/h3-9H,10-14H2,1-2H3,(H,24,29). The van der Waals surface area contributed by atoms with E-state index in [0.717, 1.165) is 35.9 Å². The van der Waals surface area contributed by atoms with E-state index in [4.69, 9.17) is 16.3 Å². The van der Waals surface area contributed by atoms with Crippen LogP contribution < -0.4 is 10.2 Å². The Hall–Kier alpha value is -2.55. The van der Waals surface area contributed by atoms with Crippen LogP contribution in [0.5, 0.6) is 0 Å². The molecule has 0 bridgehead atoms. The lowest BCUT2D eigenvalue weighted by atomic mass is 10.2. The highest BCUT2D eigenvalue weighted by molar-refractivity contribution is 7.99. The molecule has 0 atom stereocenters. The Morgan fingerprint density at radius 2 is 1.90 bits per heavy atom. The second kappa shape index (κ2) is 9.72. The molecule has 2 aromatic carbocycles. The van der Waals surface area contributed by atoms with Gasteiger partial charge in [0, 0.05) is 23.8 Å². The zero-order valence-corrected chi connectivity index (χ0v) is 19.0. The number of nitrogens with zero attached hydrogens (tertiary/aromatic N) is 4. The van der Waals surface area contributed by atoms with E-state index in [1.54, 1.807) is 6.07 Å². The molecule has 1 aliphatic rings. The van der Waals surface area contributed by atoms with Crippen LogP contribution in [-0.2, 0) is 9.53 Å². The van der Waals surface area contributed by atoms with Gasteiger partial charge in [0.1, 0.15) is 0 Å². The van der Waals surface area contributed by atoms with Crippen LogP contribution in [-0.4, -0.2) is 52.7 Å². The van der Waals surface area contributed by atoms with Crippen LogP contribution in [0.2, 0.25) is 5.02 Å². The molecule has 1 aliphatic heterocycles. The first-order valence-electron chi connectivity index (χ1n) is 10.1. The molecule has 0 aliphatic carbocycles. The Morgan fingerprint density at radius 1 is 1.13 bits per heavy atom. The maximum absolute atomic E-state index is 12.6. The monoisotopic (exact) mass is 457 g/mol. The third-order valence-electron chi connectivity index (χ3n) is 5.14. The molecule has 2 heterocycles. The molecule has 31 heavy (non-hydrogen) atoms. The Kier molecular flexibility index (Phi) is 6.80. The maximum atomic E-state index is 12.6. The molecule has 0 saturated carbocycles. The number of carbonyl (C=O) groups is 1. The molecule has 9 heteroatoms. The Labute approximate surface area is 190 Å². The zero-order valence-electron chi connectivity index (χ0n) is 17.5. The highest BCUT2D eigenvalue weighted by atomic mass is 35.5. The topological polar surface area (TPSA) is 72.3 Å². The van der Waals surface area contributed by atoms with Crippen LogP contribution in [0.1, 0.15) is 11.1 Å². The number of halogens is 1. The molecule has 1 saturated heterocycles. The van der Waals surface area contributed by atoms with E-state index in [1.165, 1.54) is 11.8 Å². The summed E-state index contributed by atoms with van der Waals surface area (Å²) in [5.41, 5.74) is 3.67. The fourth-order valence-electron chi connectivity index (χ4n) is 3.41. The zero-order chi connectivity index (χ0) is 21.8. The van der Waals surface area contributed by atoms with Crippen molar-refractivity contribution in [2.75, 3.05) is 42.3 Å². The lowest BCUT2D eigenvalue weighted by Crippen LogP contribution is -2.38. The molecule has 0 radical (unpaired) electrons. The molecule has 0 unspecified atom stereocenters. The van der Waals surface area contributed by atoms with Crippen molar-refractivity contribution in [3.05, 3.63) is 58.6 Å². The second-order valence-electron chi connectivity index (χ2n) is 7.25. The number of aryl methyl sites for hydroxylation is 1. The van der Waals surface area contributed by atoms with Gasteiger partial charge in [0.05, 0.1) is 24.7 Å². The lowest BCUT2D eigenvalue weighted by molar-refractivity contribution is -0.113. The van der Waals surface area contributed by atoms with Gasteiger partial charge in [0.2, 0.25) is 11.9 Å². The predicted octanol–water partition coefficient (Wildman–Crippen LogP) is 4.10. The van der Waals surface area contributed by atoms with Gasteiger partial charge in [-0.3, -0.25) is 9.36 Å². The first-order chi connectivity index (χ1) is 15.0. The highest BCUT2D eigenvalue weighted by Crippen LogP contribution is 2.29. The number of ether oxygens (including phenoxy) is 1. The molecule has 1 fully saturated rings. The number of hydrogen-bond donors (Lipinski definition) is 1. The summed E-state index contributed by atoms with van der Waals surface area (Å²) in [5.74, 6) is 0.854. The van der Waals surface area contributed by atoms with E-state index in [0.29, 0.717) is 29.1 Å². The van der Waals surface area contributed by atoms with Crippen molar-refractivity contribution < 1.29 is 9.53 Å². The van der Waals surface area contributed by atoms with E-state index in [2.05, 4.69) is 33.4 Å². The first kappa shape index (κ1) is 21.7. The number of carbonyl (C=O) groups excluding carboxylic acids is 1. The van der Waals surface area contributed by atoms with Crippen molar-refractivity contribution in [3.63, 3.8) is 0 Å². The molecular weight excluding hydrogens is 434 g/mol. The van der Waals surface area contributed by atoms with Crippen LogP contribution in [0.3, 0.4) is 0 Å². The van der Waals surface area contributed by atoms with E-state index in [-0.39, 0.29) is 11.7 Å². The normalized spacial score (nSPS) is 14.0. The third-order valence-corrected chi connectivity index (χ3v) is 6.48. The van der Waals surface area contributed by atoms with Gasteiger partial charge in [-0.1, -0.05) is 47.6 Å². The molecular formula is C22H24ClN5O2S. The van der Waals surface area contributed by atoms with Crippen LogP contribution in [0.15, 0.2) is 47.6 Å². The number of rotatable bonds is 6. The first-order valence-corrected chi connectivity index (χ1v) is 11.4. The Balaban J connectivity index is 1.56. The second-order valence-corrected chi connectivity index (χ2v) is 8.60. The predicted molar refractivity (Wildman–Crippen MR) is 125 cm³/mol. The van der Waals surface area contributed by atoms with Gasteiger partial charge in [0.25, 0.3) is 0 Å². The number of thioether (sulfide) groups is 1. The van der Waals surface area contributed by atoms with Gasteiger partial charge >= 0.3 is 0 Å². The number of benzene rings is 2. The van der Waals surface area contributed by atoms with Gasteiger partial charge in [-0.25, -0.2) is 0 Å². The molecule has 162 valence electrons. The number of hydrogen-bond acceptors (Lipinski definition) is 6. The minimum atomic E-state index is -0.123. The van der Waals surface area contributed by atoms with Gasteiger partial charge < -0.3 is 15.0 Å². The summed E-state index contributed by atoms with van der Waals surface area (Å²) in [6, 6.07) is 13.6. The van der Waals surface area contributed by atoms with Crippen molar-refractivity contribution in [1.29, 1.82) is 0 Å². The summed E-state index contributed by atoms with van der Waals surface area (Å²) >= 11 is 7.52. The van der Waals surface area contributed by atoms with Crippen LogP contribution in [0.25, 0.3) is 5.69 Å². The average Bonchev–Trinajstić information content (AvgIpc) is 3.20. The molecule has 1 aromatic heterocycles. The maximum Gasteiger partial charge on any atom is 0.234 e. The largest absolute Gasteiger partial charge is 0.378 e. The van der Waals surface area contributed by atoms with E-state index < -0.39 is 0 Å². The lowest BCUT2D eigenvalue weighted by Gasteiger charge is -2.28. The minimum Gasteiger partial charge on any atom is -0.378 e. The van der Waals surface area contributed by atoms with Crippen molar-refractivity contribution >= 4 is 40.9 Å². The van der Waals surface area contributed by atoms with Gasteiger partial charge in [0.15, 0.2) is 5.16 Å². The Bertz CT molecular complexity index is 1080. The minimum absolute atomic E-state index is 0.123. The van der Waals surface area contributed by atoms with Crippen molar-refractivity contribution in [3.8, 4) is 5.69 Å². The third kappa shape index (κ3) is 4.87. The highest BCUT2D eigenvalue weighted by Gasteiger charge is 2.23. The van der Waals surface area contributed by atoms with Gasteiger partial charge in [-0.05, 0) is 43.2 Å². The fourth-order valence-corrected chi connectivity index (χ4v) is 4.32. The number of morpholine rings is 1. The SMILES string of the molecule is Cc1ccccc1-n1c(SCC(=O)Nc2cccc(Cl)c2C)nnc1N1CCOCC1. The van der Waals surface area contributed by atoms with E-state index in [9.17, 15) is 4.79 Å². The molecule has 4 rings (SSSR count). The van der Waals surface area contributed by atoms with Crippen molar-refractivity contribution in [2.45, 2.75) is 19.0 Å². The summed E-state index contributed by atoms with van der Waals surface area (Å²) in [5, 5.41) is 13.1. The average molecular weight is 458 g/mol. The molecule has 3 aromatic rings. The van der Waals surface area contributed by atoms with E-state index in [1.807, 2.05) is 41.8 Å². The van der Waals surface area contributed by atoms with Crippen LogP contribution in [0.4, 0.5) is 11.6 Å². The smallest absolute Gasteiger partial charge is 0.234 e. The quantitative estimate of drug-likeness (QED) is 0.562. The summed E-state index contributed by atoms with van der Waals surface area (Å²) in [4.78, 5) is 14.8. The number of para-hydroxylation sites is 1. The van der Waals surface area contributed by atoms with Gasteiger partial charge in [-0.2, -0.15) is 0 Å². The van der Waals surface area contributed by atoms with Crippen LogP contribution in [0, 0.1) is 13.8 Å². The number of anilines is 2. The molecule has 1 N–H and O–H groups in total. The number of amides is 1. The summed E-state index contributed by atoms with van der Waals surface area (Å²) in [7, 11) is 0. The van der Waals surface area contributed by atoms with E-state index >= 15 is 0 Å². The summed E-state index contributed by atoms with van der Waals surface area (Å²) < 4.78 is 7.52. The summed E-state index contributed by atoms with van der Waals surface area (Å²) in [6.07, 6.45) is 0. The number of aromatic nitrogens is 3. The fraction of sp³-hybridized carbons (Fsp3) is 0.318. The number of nitrogens with one attached hydrogen (secondary N) is 1. The summed E-state index contributed by atoms with van der Waals surface area (Å²) in [6.45, 7) is 6.76. The van der Waals surface area contributed by atoms with Gasteiger partial charge in [-0.15, -0.1) is 10.2 Å². The van der Waals surface area contributed by atoms with Crippen LogP contribution >= 0.6 is 23.4 Å². The molecule has 0 spiro atoms. The molecule has 1 amide bonds. The Morgan fingerprint density at radius 3 is 2.68 bits per heavy atom.